The monoisotopic (exact) mass is 380 g/mol. The predicted octanol–water partition coefficient (Wildman–Crippen LogP) is 2.83. The molecule has 0 atom stereocenters. The second-order valence-corrected chi connectivity index (χ2v) is 7.33. The molecule has 0 saturated carbocycles. The standard InChI is InChI=1S/C20H24N6S/c1-21-20(25-13-11-24(12-14-25)19-8-4-15-27-19)22-16-17-6-2-3-7-18(17)26-10-5-9-23-26/h2-10,15H,11-14,16H2,1H3,(H,21,22). The lowest BCUT2D eigenvalue weighted by atomic mass is 10.2. The fourth-order valence-electron chi connectivity index (χ4n) is 3.39. The van der Waals surface area contributed by atoms with E-state index in [1.807, 2.05) is 30.1 Å². The van der Waals surface area contributed by atoms with Crippen molar-refractivity contribution in [2.75, 3.05) is 38.1 Å². The number of benzene rings is 1. The van der Waals surface area contributed by atoms with Crippen LogP contribution >= 0.6 is 11.3 Å². The normalized spacial score (nSPS) is 15.2. The lowest BCUT2D eigenvalue weighted by Gasteiger charge is -2.37. The highest BCUT2D eigenvalue weighted by atomic mass is 32.1. The first-order valence-corrected chi connectivity index (χ1v) is 10.0. The largest absolute Gasteiger partial charge is 0.360 e. The maximum Gasteiger partial charge on any atom is 0.194 e. The lowest BCUT2D eigenvalue weighted by molar-refractivity contribution is 0.373. The molecule has 1 N–H and O–H groups in total. The zero-order valence-electron chi connectivity index (χ0n) is 15.5. The van der Waals surface area contributed by atoms with Gasteiger partial charge in [0.2, 0.25) is 0 Å². The van der Waals surface area contributed by atoms with Crippen molar-refractivity contribution in [1.29, 1.82) is 0 Å². The Morgan fingerprint density at radius 1 is 1.11 bits per heavy atom. The summed E-state index contributed by atoms with van der Waals surface area (Å²) in [6.07, 6.45) is 3.77. The Labute approximate surface area is 163 Å². The van der Waals surface area contributed by atoms with Gasteiger partial charge in [-0.3, -0.25) is 4.99 Å². The van der Waals surface area contributed by atoms with Crippen LogP contribution in [0.25, 0.3) is 5.69 Å². The molecule has 4 rings (SSSR count). The predicted molar refractivity (Wildman–Crippen MR) is 112 cm³/mol. The Morgan fingerprint density at radius 2 is 1.96 bits per heavy atom. The summed E-state index contributed by atoms with van der Waals surface area (Å²) in [4.78, 5) is 9.28. The Hall–Kier alpha value is -2.80. The third kappa shape index (κ3) is 3.98. The van der Waals surface area contributed by atoms with Gasteiger partial charge in [-0.2, -0.15) is 5.10 Å². The van der Waals surface area contributed by atoms with Gasteiger partial charge in [0.15, 0.2) is 5.96 Å². The van der Waals surface area contributed by atoms with Gasteiger partial charge < -0.3 is 15.1 Å². The number of aromatic nitrogens is 2. The summed E-state index contributed by atoms with van der Waals surface area (Å²) in [5.74, 6) is 0.955. The molecule has 0 amide bonds. The molecule has 2 aromatic heterocycles. The van der Waals surface area contributed by atoms with Gasteiger partial charge in [-0.1, -0.05) is 18.2 Å². The Kier molecular flexibility index (Phi) is 5.39. The molecule has 3 aromatic rings. The van der Waals surface area contributed by atoms with E-state index in [0.717, 1.165) is 37.8 Å². The topological polar surface area (TPSA) is 48.7 Å². The maximum absolute atomic E-state index is 4.50. The minimum atomic E-state index is 0.716. The van der Waals surface area contributed by atoms with Crippen LogP contribution in [0.5, 0.6) is 0 Å². The number of guanidine groups is 1. The molecular formula is C20H24N6S. The molecule has 1 aliphatic heterocycles. The van der Waals surface area contributed by atoms with Gasteiger partial charge in [0.25, 0.3) is 0 Å². The van der Waals surface area contributed by atoms with Crippen LogP contribution in [-0.2, 0) is 6.54 Å². The quantitative estimate of drug-likeness (QED) is 0.559. The van der Waals surface area contributed by atoms with Crippen molar-refractivity contribution in [3.8, 4) is 5.69 Å². The van der Waals surface area contributed by atoms with Gasteiger partial charge in [0, 0.05) is 52.2 Å². The number of thiophene rings is 1. The average Bonchev–Trinajstić information content (AvgIpc) is 3.43. The van der Waals surface area contributed by atoms with Crippen molar-refractivity contribution < 1.29 is 0 Å². The minimum Gasteiger partial charge on any atom is -0.360 e. The van der Waals surface area contributed by atoms with E-state index in [2.05, 4.69) is 60.9 Å². The first kappa shape index (κ1) is 17.6. The molecule has 0 unspecified atom stereocenters. The van der Waals surface area contributed by atoms with Crippen LogP contribution in [-0.4, -0.2) is 53.9 Å². The highest BCUT2D eigenvalue weighted by Gasteiger charge is 2.20. The van der Waals surface area contributed by atoms with Crippen LogP contribution in [0.2, 0.25) is 0 Å². The molecule has 7 heteroatoms. The highest BCUT2D eigenvalue weighted by Crippen LogP contribution is 2.22. The van der Waals surface area contributed by atoms with Crippen molar-refractivity contribution in [2.24, 2.45) is 4.99 Å². The van der Waals surface area contributed by atoms with Crippen LogP contribution in [0.15, 0.2) is 65.2 Å². The van der Waals surface area contributed by atoms with E-state index in [9.17, 15) is 0 Å². The fraction of sp³-hybridized carbons (Fsp3) is 0.300. The van der Waals surface area contributed by atoms with Gasteiger partial charge in [0.05, 0.1) is 10.7 Å². The molecule has 0 aliphatic carbocycles. The van der Waals surface area contributed by atoms with Gasteiger partial charge in [0.1, 0.15) is 0 Å². The number of anilines is 1. The van der Waals surface area contributed by atoms with E-state index in [1.54, 1.807) is 17.5 Å². The van der Waals surface area contributed by atoms with Crippen LogP contribution < -0.4 is 10.2 Å². The van der Waals surface area contributed by atoms with Crippen LogP contribution in [0.1, 0.15) is 5.56 Å². The van der Waals surface area contributed by atoms with Crippen LogP contribution in [0.4, 0.5) is 5.00 Å². The van der Waals surface area contributed by atoms with E-state index >= 15 is 0 Å². The second kappa shape index (κ2) is 8.26. The van der Waals surface area contributed by atoms with E-state index < -0.39 is 0 Å². The first-order valence-electron chi connectivity index (χ1n) is 9.17. The van der Waals surface area contributed by atoms with Crippen molar-refractivity contribution in [3.05, 3.63) is 65.8 Å². The maximum atomic E-state index is 4.50. The van der Waals surface area contributed by atoms with Gasteiger partial charge >= 0.3 is 0 Å². The zero-order chi connectivity index (χ0) is 18.5. The minimum absolute atomic E-state index is 0.716. The highest BCUT2D eigenvalue weighted by molar-refractivity contribution is 7.14. The second-order valence-electron chi connectivity index (χ2n) is 6.41. The molecule has 0 bridgehead atoms. The summed E-state index contributed by atoms with van der Waals surface area (Å²) in [7, 11) is 1.85. The van der Waals surface area contributed by atoms with E-state index in [0.29, 0.717) is 6.54 Å². The summed E-state index contributed by atoms with van der Waals surface area (Å²) in [5, 5.41) is 11.4. The van der Waals surface area contributed by atoms with Crippen LogP contribution in [0, 0.1) is 0 Å². The molecule has 1 aromatic carbocycles. The number of hydrogen-bond acceptors (Lipinski definition) is 4. The number of nitrogens with one attached hydrogen (secondary N) is 1. The molecular weight excluding hydrogens is 356 g/mol. The molecule has 6 nitrogen and oxygen atoms in total. The molecule has 1 saturated heterocycles. The van der Waals surface area contributed by atoms with Gasteiger partial charge in [-0.15, -0.1) is 11.3 Å². The Morgan fingerprint density at radius 3 is 2.67 bits per heavy atom. The molecule has 0 spiro atoms. The number of nitrogens with zero attached hydrogens (tertiary/aromatic N) is 5. The number of hydrogen-bond donors (Lipinski definition) is 1. The summed E-state index contributed by atoms with van der Waals surface area (Å²) in [6, 6.07) is 14.6. The molecule has 140 valence electrons. The van der Waals surface area contributed by atoms with E-state index in [1.165, 1.54) is 10.6 Å². The molecule has 27 heavy (non-hydrogen) atoms. The SMILES string of the molecule is CN=C(NCc1ccccc1-n1cccn1)N1CCN(c2cccs2)CC1. The Bertz CT molecular complexity index is 864. The summed E-state index contributed by atoms with van der Waals surface area (Å²) in [5.41, 5.74) is 2.28. The zero-order valence-corrected chi connectivity index (χ0v) is 16.3. The number of aliphatic imine (C=N–C) groups is 1. The van der Waals surface area contributed by atoms with Crippen molar-refractivity contribution >= 4 is 22.3 Å². The molecule has 1 fully saturated rings. The summed E-state index contributed by atoms with van der Waals surface area (Å²) < 4.78 is 1.90. The number of piperazine rings is 1. The van der Waals surface area contributed by atoms with E-state index in [4.69, 9.17) is 0 Å². The summed E-state index contributed by atoms with van der Waals surface area (Å²) in [6.45, 7) is 4.70. The third-order valence-electron chi connectivity index (χ3n) is 4.79. The van der Waals surface area contributed by atoms with E-state index in [-0.39, 0.29) is 0 Å². The fourth-order valence-corrected chi connectivity index (χ4v) is 4.18. The molecule has 1 aliphatic rings. The number of rotatable bonds is 4. The Balaban J connectivity index is 1.38. The molecule has 3 heterocycles. The lowest BCUT2D eigenvalue weighted by Crippen LogP contribution is -2.52. The van der Waals surface area contributed by atoms with Crippen molar-refractivity contribution in [3.63, 3.8) is 0 Å². The van der Waals surface area contributed by atoms with Gasteiger partial charge in [-0.25, -0.2) is 4.68 Å². The first-order chi connectivity index (χ1) is 13.3. The third-order valence-corrected chi connectivity index (χ3v) is 5.72. The van der Waals surface area contributed by atoms with Crippen molar-refractivity contribution in [2.45, 2.75) is 6.54 Å². The van der Waals surface area contributed by atoms with Crippen LogP contribution in [0.3, 0.4) is 0 Å². The summed E-state index contributed by atoms with van der Waals surface area (Å²) >= 11 is 1.81. The molecule has 0 radical (unpaired) electrons. The number of para-hydroxylation sites is 1. The van der Waals surface area contributed by atoms with Crippen molar-refractivity contribution in [1.82, 2.24) is 20.0 Å². The van der Waals surface area contributed by atoms with Gasteiger partial charge in [-0.05, 0) is 35.2 Å². The average molecular weight is 381 g/mol. The smallest absolute Gasteiger partial charge is 0.194 e.